The fourth-order valence-electron chi connectivity index (χ4n) is 1.86. The molecule has 1 atom stereocenters. The quantitative estimate of drug-likeness (QED) is 0.804. The maximum absolute atomic E-state index is 5.38. The van der Waals surface area contributed by atoms with Crippen LogP contribution in [0.4, 0.5) is 0 Å². The van der Waals surface area contributed by atoms with Crippen molar-refractivity contribution in [3.8, 4) is 0 Å². The van der Waals surface area contributed by atoms with Crippen molar-refractivity contribution in [2.45, 2.75) is 58.5 Å². The van der Waals surface area contributed by atoms with Crippen LogP contribution in [0.3, 0.4) is 0 Å². The van der Waals surface area contributed by atoms with E-state index in [2.05, 4.69) is 33.0 Å². The molecule has 0 saturated heterocycles. The first-order chi connectivity index (χ1) is 7.01. The van der Waals surface area contributed by atoms with E-state index in [9.17, 15) is 0 Å². The van der Waals surface area contributed by atoms with Gasteiger partial charge in [-0.25, -0.2) is 0 Å². The van der Waals surface area contributed by atoms with Crippen LogP contribution < -0.4 is 5.32 Å². The lowest BCUT2D eigenvalue weighted by Crippen LogP contribution is -2.44. The molecule has 0 radical (unpaired) electrons. The van der Waals surface area contributed by atoms with E-state index in [1.54, 1.807) is 6.26 Å². The highest BCUT2D eigenvalue weighted by molar-refractivity contribution is 5.01. The Morgan fingerprint density at radius 3 is 2.60 bits per heavy atom. The molecule has 0 aliphatic carbocycles. The van der Waals surface area contributed by atoms with E-state index in [-0.39, 0.29) is 5.54 Å². The topological polar surface area (TPSA) is 25.2 Å². The predicted octanol–water partition coefficient (Wildman–Crippen LogP) is 3.38. The summed E-state index contributed by atoms with van der Waals surface area (Å²) in [6.45, 7) is 8.84. The average molecular weight is 209 g/mol. The minimum absolute atomic E-state index is 0.173. The zero-order valence-corrected chi connectivity index (χ0v) is 10.3. The lowest BCUT2D eigenvalue weighted by atomic mass is 10.0. The molecule has 1 aromatic rings. The molecular formula is C13H23NO. The zero-order chi connectivity index (χ0) is 11.3. The van der Waals surface area contributed by atoms with E-state index < -0.39 is 0 Å². The molecule has 0 bridgehead atoms. The Balaban J connectivity index is 2.51. The monoisotopic (exact) mass is 209 g/mol. The van der Waals surface area contributed by atoms with Gasteiger partial charge in [0.2, 0.25) is 0 Å². The van der Waals surface area contributed by atoms with E-state index in [1.807, 2.05) is 12.1 Å². The van der Waals surface area contributed by atoms with Crippen LogP contribution >= 0.6 is 0 Å². The van der Waals surface area contributed by atoms with E-state index in [4.69, 9.17) is 4.42 Å². The number of rotatable bonds is 5. The van der Waals surface area contributed by atoms with Crippen LogP contribution in [0.2, 0.25) is 0 Å². The summed E-state index contributed by atoms with van der Waals surface area (Å²) in [4.78, 5) is 0. The second-order valence-corrected chi connectivity index (χ2v) is 5.16. The molecule has 2 heteroatoms. The molecule has 0 spiro atoms. The summed E-state index contributed by atoms with van der Waals surface area (Å²) in [6, 6.07) is 4.52. The summed E-state index contributed by atoms with van der Waals surface area (Å²) in [7, 11) is 0. The van der Waals surface area contributed by atoms with Crippen LogP contribution in [0.25, 0.3) is 0 Å². The molecule has 0 amide bonds. The van der Waals surface area contributed by atoms with E-state index in [0.717, 1.165) is 12.2 Å². The largest absolute Gasteiger partial charge is 0.469 e. The Morgan fingerprint density at radius 2 is 2.13 bits per heavy atom. The third kappa shape index (κ3) is 5.03. The highest BCUT2D eigenvalue weighted by Gasteiger charge is 2.17. The van der Waals surface area contributed by atoms with Gasteiger partial charge < -0.3 is 9.73 Å². The van der Waals surface area contributed by atoms with Crippen molar-refractivity contribution in [1.29, 1.82) is 0 Å². The molecular weight excluding hydrogens is 186 g/mol. The Labute approximate surface area is 93.1 Å². The first-order valence-corrected chi connectivity index (χ1v) is 5.81. The first kappa shape index (κ1) is 12.3. The Kier molecular flexibility index (Phi) is 4.40. The van der Waals surface area contributed by atoms with Crippen LogP contribution in [-0.2, 0) is 6.42 Å². The highest BCUT2D eigenvalue weighted by Crippen LogP contribution is 2.12. The summed E-state index contributed by atoms with van der Waals surface area (Å²) in [5.41, 5.74) is 0.173. The Morgan fingerprint density at radius 1 is 1.40 bits per heavy atom. The van der Waals surface area contributed by atoms with Gasteiger partial charge in [-0.1, -0.05) is 13.3 Å². The summed E-state index contributed by atoms with van der Waals surface area (Å²) in [6.07, 6.45) is 5.12. The molecule has 1 aromatic heterocycles. The summed E-state index contributed by atoms with van der Waals surface area (Å²) in [5.74, 6) is 1.07. The van der Waals surface area contributed by atoms with Gasteiger partial charge in [0.15, 0.2) is 0 Å². The van der Waals surface area contributed by atoms with E-state index in [1.165, 1.54) is 12.8 Å². The molecule has 1 N–H and O–H groups in total. The fourth-order valence-corrected chi connectivity index (χ4v) is 1.86. The smallest absolute Gasteiger partial charge is 0.105 e. The van der Waals surface area contributed by atoms with Crippen LogP contribution in [0.15, 0.2) is 22.8 Å². The molecule has 2 nitrogen and oxygen atoms in total. The highest BCUT2D eigenvalue weighted by atomic mass is 16.3. The molecule has 0 saturated carbocycles. The van der Waals surface area contributed by atoms with Crippen molar-refractivity contribution in [3.05, 3.63) is 24.2 Å². The van der Waals surface area contributed by atoms with Gasteiger partial charge >= 0.3 is 0 Å². The zero-order valence-electron chi connectivity index (χ0n) is 10.3. The lowest BCUT2D eigenvalue weighted by Gasteiger charge is -2.28. The van der Waals surface area contributed by atoms with Crippen molar-refractivity contribution >= 4 is 0 Å². The normalized spacial score (nSPS) is 14.1. The van der Waals surface area contributed by atoms with Gasteiger partial charge in [-0.05, 0) is 39.3 Å². The molecule has 86 valence electrons. The summed E-state index contributed by atoms with van der Waals surface area (Å²) < 4.78 is 5.38. The number of hydrogen-bond donors (Lipinski definition) is 1. The molecule has 0 aliphatic rings. The van der Waals surface area contributed by atoms with Crippen molar-refractivity contribution in [1.82, 2.24) is 5.32 Å². The van der Waals surface area contributed by atoms with Gasteiger partial charge in [0.05, 0.1) is 6.26 Å². The predicted molar refractivity (Wildman–Crippen MR) is 64.0 cm³/mol. The number of nitrogens with one attached hydrogen (secondary N) is 1. The van der Waals surface area contributed by atoms with Crippen LogP contribution in [0.1, 0.15) is 46.3 Å². The van der Waals surface area contributed by atoms with Crippen LogP contribution in [0.5, 0.6) is 0 Å². The Bertz CT molecular complexity index is 259. The molecule has 1 rings (SSSR count). The van der Waals surface area contributed by atoms with Crippen molar-refractivity contribution in [3.63, 3.8) is 0 Å². The minimum atomic E-state index is 0.173. The molecule has 0 fully saturated rings. The number of hydrogen-bond acceptors (Lipinski definition) is 2. The maximum Gasteiger partial charge on any atom is 0.105 e. The third-order valence-corrected chi connectivity index (χ3v) is 2.30. The van der Waals surface area contributed by atoms with Crippen LogP contribution in [-0.4, -0.2) is 11.6 Å². The molecule has 0 aliphatic heterocycles. The molecule has 0 aromatic carbocycles. The van der Waals surface area contributed by atoms with Gasteiger partial charge in [0, 0.05) is 18.0 Å². The first-order valence-electron chi connectivity index (χ1n) is 5.81. The van der Waals surface area contributed by atoms with Crippen LogP contribution in [0, 0.1) is 0 Å². The van der Waals surface area contributed by atoms with Gasteiger partial charge in [0.1, 0.15) is 5.76 Å². The lowest BCUT2D eigenvalue weighted by molar-refractivity contribution is 0.327. The van der Waals surface area contributed by atoms with Crippen molar-refractivity contribution in [2.24, 2.45) is 0 Å². The second-order valence-electron chi connectivity index (χ2n) is 5.16. The molecule has 1 heterocycles. The third-order valence-electron chi connectivity index (χ3n) is 2.30. The second kappa shape index (κ2) is 5.36. The molecule has 15 heavy (non-hydrogen) atoms. The average Bonchev–Trinajstić information content (AvgIpc) is 2.54. The standard InChI is InChI=1S/C13H23NO/c1-5-7-11(14-13(2,3)4)10-12-8-6-9-15-12/h6,8-9,11,14H,5,7,10H2,1-4H3. The summed E-state index contributed by atoms with van der Waals surface area (Å²) >= 11 is 0. The van der Waals surface area contributed by atoms with Crippen molar-refractivity contribution in [2.75, 3.05) is 0 Å². The number of furan rings is 1. The van der Waals surface area contributed by atoms with Gasteiger partial charge in [-0.3, -0.25) is 0 Å². The minimum Gasteiger partial charge on any atom is -0.469 e. The van der Waals surface area contributed by atoms with E-state index in [0.29, 0.717) is 6.04 Å². The van der Waals surface area contributed by atoms with Crippen molar-refractivity contribution < 1.29 is 4.42 Å². The SMILES string of the molecule is CCCC(Cc1ccco1)NC(C)(C)C. The van der Waals surface area contributed by atoms with Gasteiger partial charge in [-0.15, -0.1) is 0 Å². The van der Waals surface area contributed by atoms with Gasteiger partial charge in [-0.2, -0.15) is 0 Å². The molecule has 1 unspecified atom stereocenters. The Hall–Kier alpha value is -0.760. The van der Waals surface area contributed by atoms with Gasteiger partial charge in [0.25, 0.3) is 0 Å². The fraction of sp³-hybridized carbons (Fsp3) is 0.692. The van der Waals surface area contributed by atoms with E-state index >= 15 is 0 Å². The maximum atomic E-state index is 5.38. The summed E-state index contributed by atoms with van der Waals surface area (Å²) in [5, 5.41) is 3.64.